The lowest BCUT2D eigenvalue weighted by atomic mass is 10.0. The molecule has 4 nitrogen and oxygen atoms in total. The molecular formula is C14H18Cl2N4. The Morgan fingerprint density at radius 3 is 2.65 bits per heavy atom. The molecule has 2 rings (SSSR count). The van der Waals surface area contributed by atoms with Crippen LogP contribution in [0.2, 0.25) is 10.0 Å². The van der Waals surface area contributed by atoms with Crippen molar-refractivity contribution in [1.29, 1.82) is 0 Å². The Morgan fingerprint density at radius 1 is 1.30 bits per heavy atom. The van der Waals surface area contributed by atoms with Crippen LogP contribution in [0.25, 0.3) is 0 Å². The van der Waals surface area contributed by atoms with E-state index in [-0.39, 0.29) is 12.1 Å². The summed E-state index contributed by atoms with van der Waals surface area (Å²) in [7, 11) is 1.91. The topological polar surface area (TPSA) is 42.7 Å². The van der Waals surface area contributed by atoms with Gasteiger partial charge in [0.05, 0.1) is 0 Å². The van der Waals surface area contributed by atoms with E-state index >= 15 is 0 Å². The molecule has 0 aliphatic rings. The molecule has 1 N–H and O–H groups in total. The third-order valence-electron chi connectivity index (χ3n) is 3.21. The molecule has 108 valence electrons. The maximum Gasteiger partial charge on any atom is 0.138 e. The summed E-state index contributed by atoms with van der Waals surface area (Å²) >= 11 is 12.2. The van der Waals surface area contributed by atoms with E-state index < -0.39 is 0 Å². The SMILES string of the molecule is CNC(Cc1ncnn1C(C)C)c1ccc(Cl)cc1Cl. The van der Waals surface area contributed by atoms with E-state index in [9.17, 15) is 0 Å². The Bertz CT molecular complexity index is 580. The first-order chi connectivity index (χ1) is 9.52. The largest absolute Gasteiger partial charge is 0.313 e. The van der Waals surface area contributed by atoms with Crippen LogP contribution >= 0.6 is 23.2 Å². The quantitative estimate of drug-likeness (QED) is 0.916. The molecule has 0 amide bonds. The highest BCUT2D eigenvalue weighted by atomic mass is 35.5. The van der Waals surface area contributed by atoms with Gasteiger partial charge in [0.15, 0.2) is 0 Å². The predicted octanol–water partition coefficient (Wildman–Crippen LogP) is 3.67. The van der Waals surface area contributed by atoms with Crippen LogP contribution < -0.4 is 5.32 Å². The van der Waals surface area contributed by atoms with Crippen molar-refractivity contribution < 1.29 is 0 Å². The Kier molecular flexibility index (Phi) is 5.02. The summed E-state index contributed by atoms with van der Waals surface area (Å²) < 4.78 is 1.92. The van der Waals surface area contributed by atoms with Crippen LogP contribution in [0.15, 0.2) is 24.5 Å². The van der Waals surface area contributed by atoms with E-state index in [1.54, 1.807) is 12.4 Å². The summed E-state index contributed by atoms with van der Waals surface area (Å²) in [5.41, 5.74) is 1.01. The van der Waals surface area contributed by atoms with Crippen LogP contribution in [0.4, 0.5) is 0 Å². The zero-order valence-electron chi connectivity index (χ0n) is 11.8. The van der Waals surface area contributed by atoms with Crippen molar-refractivity contribution >= 4 is 23.2 Å². The van der Waals surface area contributed by atoms with E-state index in [1.807, 2.05) is 23.9 Å². The Balaban J connectivity index is 2.27. The van der Waals surface area contributed by atoms with Gasteiger partial charge in [-0.05, 0) is 38.6 Å². The monoisotopic (exact) mass is 312 g/mol. The fraction of sp³-hybridized carbons (Fsp3) is 0.429. The van der Waals surface area contributed by atoms with E-state index in [0.29, 0.717) is 10.0 Å². The van der Waals surface area contributed by atoms with Crippen LogP contribution in [0.1, 0.15) is 37.3 Å². The number of hydrogen-bond donors (Lipinski definition) is 1. The molecule has 20 heavy (non-hydrogen) atoms. The molecule has 1 atom stereocenters. The van der Waals surface area contributed by atoms with Gasteiger partial charge in [0.2, 0.25) is 0 Å². The standard InChI is InChI=1S/C14H18Cl2N4/c1-9(2)20-14(18-8-19-20)7-13(17-3)11-5-4-10(15)6-12(11)16/h4-6,8-9,13,17H,7H2,1-3H3. The lowest BCUT2D eigenvalue weighted by Gasteiger charge is -2.19. The first-order valence-electron chi connectivity index (χ1n) is 6.53. The maximum absolute atomic E-state index is 6.28. The number of benzene rings is 1. The molecule has 0 spiro atoms. The Hall–Kier alpha value is -1.10. The van der Waals surface area contributed by atoms with Gasteiger partial charge in [0, 0.05) is 28.5 Å². The second-order valence-corrected chi connectivity index (χ2v) is 5.77. The van der Waals surface area contributed by atoms with Crippen LogP contribution in [-0.4, -0.2) is 21.8 Å². The molecule has 0 aliphatic carbocycles. The molecule has 0 saturated carbocycles. The number of halogens is 2. The lowest BCUT2D eigenvalue weighted by molar-refractivity contribution is 0.478. The van der Waals surface area contributed by atoms with Crippen molar-refractivity contribution in [2.75, 3.05) is 7.05 Å². The highest BCUT2D eigenvalue weighted by Gasteiger charge is 2.18. The number of aromatic nitrogens is 3. The molecule has 1 heterocycles. The van der Waals surface area contributed by atoms with Gasteiger partial charge in [-0.1, -0.05) is 29.3 Å². The van der Waals surface area contributed by atoms with E-state index in [4.69, 9.17) is 23.2 Å². The minimum Gasteiger partial charge on any atom is -0.313 e. The Morgan fingerprint density at radius 2 is 2.05 bits per heavy atom. The summed E-state index contributed by atoms with van der Waals surface area (Å²) in [4.78, 5) is 4.34. The summed E-state index contributed by atoms with van der Waals surface area (Å²) in [6.45, 7) is 4.17. The molecule has 1 aromatic carbocycles. The first-order valence-corrected chi connectivity index (χ1v) is 7.29. The first kappa shape index (κ1) is 15.3. The number of nitrogens with one attached hydrogen (secondary N) is 1. The van der Waals surface area contributed by atoms with Crippen molar-refractivity contribution in [3.05, 3.63) is 46.0 Å². The Labute approximate surface area is 129 Å². The van der Waals surface area contributed by atoms with Gasteiger partial charge in [-0.15, -0.1) is 0 Å². The van der Waals surface area contributed by atoms with Crippen LogP contribution in [0.5, 0.6) is 0 Å². The molecule has 1 aromatic heterocycles. The summed E-state index contributed by atoms with van der Waals surface area (Å²) in [5, 5.41) is 8.83. The van der Waals surface area contributed by atoms with Crippen molar-refractivity contribution in [2.24, 2.45) is 0 Å². The van der Waals surface area contributed by atoms with Gasteiger partial charge < -0.3 is 5.32 Å². The fourth-order valence-corrected chi connectivity index (χ4v) is 2.73. The molecule has 2 aromatic rings. The fourth-order valence-electron chi connectivity index (χ4n) is 2.19. The van der Waals surface area contributed by atoms with Crippen molar-refractivity contribution in [2.45, 2.75) is 32.4 Å². The minimum absolute atomic E-state index is 0.0708. The van der Waals surface area contributed by atoms with E-state index in [1.165, 1.54) is 0 Å². The van der Waals surface area contributed by atoms with Gasteiger partial charge in [0.25, 0.3) is 0 Å². The van der Waals surface area contributed by atoms with Gasteiger partial charge in [0.1, 0.15) is 12.2 Å². The van der Waals surface area contributed by atoms with E-state index in [0.717, 1.165) is 17.8 Å². The molecule has 0 fully saturated rings. The summed E-state index contributed by atoms with van der Waals surface area (Å²) in [6.07, 6.45) is 2.31. The zero-order chi connectivity index (χ0) is 14.7. The smallest absolute Gasteiger partial charge is 0.138 e. The molecular weight excluding hydrogens is 295 g/mol. The molecule has 1 unspecified atom stereocenters. The molecule has 0 radical (unpaired) electrons. The minimum atomic E-state index is 0.0708. The normalized spacial score (nSPS) is 12.9. The molecule has 0 aliphatic heterocycles. The second kappa shape index (κ2) is 6.57. The third kappa shape index (κ3) is 3.32. The number of nitrogens with zero attached hydrogens (tertiary/aromatic N) is 3. The average molecular weight is 313 g/mol. The number of hydrogen-bond acceptors (Lipinski definition) is 3. The number of rotatable bonds is 5. The molecule has 6 heteroatoms. The van der Waals surface area contributed by atoms with Crippen LogP contribution in [-0.2, 0) is 6.42 Å². The van der Waals surface area contributed by atoms with Crippen LogP contribution in [0, 0.1) is 0 Å². The van der Waals surface area contributed by atoms with E-state index in [2.05, 4.69) is 29.2 Å². The van der Waals surface area contributed by atoms with Gasteiger partial charge in [-0.25, -0.2) is 9.67 Å². The van der Waals surface area contributed by atoms with Crippen molar-refractivity contribution in [3.63, 3.8) is 0 Å². The summed E-state index contributed by atoms with van der Waals surface area (Å²) in [6, 6.07) is 5.91. The zero-order valence-corrected chi connectivity index (χ0v) is 13.3. The average Bonchev–Trinajstić information content (AvgIpc) is 2.85. The van der Waals surface area contributed by atoms with Crippen molar-refractivity contribution in [1.82, 2.24) is 20.1 Å². The maximum atomic E-state index is 6.28. The third-order valence-corrected chi connectivity index (χ3v) is 3.77. The predicted molar refractivity (Wildman–Crippen MR) is 82.4 cm³/mol. The van der Waals surface area contributed by atoms with Crippen molar-refractivity contribution in [3.8, 4) is 0 Å². The van der Waals surface area contributed by atoms with Gasteiger partial charge >= 0.3 is 0 Å². The van der Waals surface area contributed by atoms with Crippen LogP contribution in [0.3, 0.4) is 0 Å². The lowest BCUT2D eigenvalue weighted by Crippen LogP contribution is -2.22. The van der Waals surface area contributed by atoms with Gasteiger partial charge in [-0.2, -0.15) is 5.10 Å². The highest BCUT2D eigenvalue weighted by Crippen LogP contribution is 2.28. The highest BCUT2D eigenvalue weighted by molar-refractivity contribution is 6.35. The van der Waals surface area contributed by atoms with Gasteiger partial charge in [-0.3, -0.25) is 0 Å². The molecule has 0 saturated heterocycles. The summed E-state index contributed by atoms with van der Waals surface area (Å²) in [5.74, 6) is 0.936. The number of likely N-dealkylation sites (N-methyl/N-ethyl adjacent to an activating group) is 1. The second-order valence-electron chi connectivity index (χ2n) is 4.93. The molecule has 0 bridgehead atoms.